The van der Waals surface area contributed by atoms with E-state index in [4.69, 9.17) is 0 Å². The number of hydrogen-bond acceptors (Lipinski definition) is 5. The highest BCUT2D eigenvalue weighted by atomic mass is 16.4. The Morgan fingerprint density at radius 3 is 2.50 bits per heavy atom. The summed E-state index contributed by atoms with van der Waals surface area (Å²) in [5.41, 5.74) is -0.147. The number of carboxylic acid groups (broad SMARTS) is 1. The van der Waals surface area contributed by atoms with Crippen molar-refractivity contribution in [1.82, 2.24) is 14.1 Å². The number of carbonyl (C=O) groups excluding carboxylic acids is 1. The molecule has 0 bridgehead atoms. The van der Waals surface area contributed by atoms with Crippen LogP contribution in [0, 0.1) is 0 Å². The highest BCUT2D eigenvalue weighted by Gasteiger charge is 2.26. The summed E-state index contributed by atoms with van der Waals surface area (Å²) in [6, 6.07) is 11.8. The van der Waals surface area contributed by atoms with Gasteiger partial charge in [0, 0.05) is 24.2 Å². The molecule has 0 fully saturated rings. The molecule has 8 heteroatoms. The molecule has 140 valence electrons. The van der Waals surface area contributed by atoms with Crippen molar-refractivity contribution in [1.29, 1.82) is 0 Å². The van der Waals surface area contributed by atoms with Gasteiger partial charge in [-0.1, -0.05) is 30.3 Å². The van der Waals surface area contributed by atoms with Crippen LogP contribution in [0.4, 0.5) is 0 Å². The number of aromatic nitrogens is 3. The minimum Gasteiger partial charge on any atom is -0.505 e. The highest BCUT2D eigenvalue weighted by molar-refractivity contribution is 6.10. The zero-order valence-corrected chi connectivity index (χ0v) is 14.8. The van der Waals surface area contributed by atoms with E-state index in [1.807, 2.05) is 0 Å². The number of pyridine rings is 2. The predicted molar refractivity (Wildman–Crippen MR) is 102 cm³/mol. The number of nitrogens with zero attached hydrogens (tertiary/aromatic N) is 3. The van der Waals surface area contributed by atoms with Gasteiger partial charge in [0.15, 0.2) is 17.2 Å². The molecule has 0 saturated carbocycles. The summed E-state index contributed by atoms with van der Waals surface area (Å²) in [7, 11) is 1.46. The molecule has 0 aliphatic carbocycles. The largest absolute Gasteiger partial charge is 0.505 e. The van der Waals surface area contributed by atoms with E-state index in [0.717, 1.165) is 0 Å². The van der Waals surface area contributed by atoms with Gasteiger partial charge in [0.25, 0.3) is 5.56 Å². The molecule has 0 spiro atoms. The third kappa shape index (κ3) is 2.46. The van der Waals surface area contributed by atoms with Crippen LogP contribution < -0.4 is 5.56 Å². The van der Waals surface area contributed by atoms with Gasteiger partial charge in [-0.25, -0.2) is 9.78 Å². The molecule has 0 saturated heterocycles. The van der Waals surface area contributed by atoms with Crippen molar-refractivity contribution < 1.29 is 19.8 Å². The first-order valence-corrected chi connectivity index (χ1v) is 8.42. The number of aromatic hydroxyl groups is 1. The lowest BCUT2D eigenvalue weighted by atomic mass is 10.1. The number of benzene rings is 1. The van der Waals surface area contributed by atoms with Crippen LogP contribution in [0.3, 0.4) is 0 Å². The van der Waals surface area contributed by atoms with E-state index in [0.29, 0.717) is 10.9 Å². The number of carbonyl (C=O) groups is 2. The maximum atomic E-state index is 13.1. The smallest absolute Gasteiger partial charge is 0.356 e. The van der Waals surface area contributed by atoms with Crippen LogP contribution in [-0.2, 0) is 13.6 Å². The molecule has 0 radical (unpaired) electrons. The molecule has 4 aromatic rings. The van der Waals surface area contributed by atoms with Crippen LogP contribution in [0.25, 0.3) is 21.9 Å². The third-order valence-electron chi connectivity index (χ3n) is 4.73. The van der Waals surface area contributed by atoms with E-state index in [1.165, 1.54) is 22.4 Å². The number of carboxylic acids is 1. The van der Waals surface area contributed by atoms with Crippen LogP contribution >= 0.6 is 0 Å². The van der Waals surface area contributed by atoms with E-state index in [2.05, 4.69) is 4.98 Å². The zero-order valence-electron chi connectivity index (χ0n) is 14.8. The molecule has 3 heterocycles. The van der Waals surface area contributed by atoms with Gasteiger partial charge in [0.2, 0.25) is 0 Å². The summed E-state index contributed by atoms with van der Waals surface area (Å²) in [4.78, 5) is 41.6. The Morgan fingerprint density at radius 1 is 1.11 bits per heavy atom. The molecule has 4 rings (SSSR count). The second-order valence-corrected chi connectivity index (χ2v) is 6.34. The number of ketones is 1. The molecule has 3 aromatic heterocycles. The molecular formula is C20H15N3O5. The fraction of sp³-hybridized carbons (Fsp3) is 0.100. The molecule has 2 N–H and O–H groups in total. The van der Waals surface area contributed by atoms with Crippen molar-refractivity contribution in [3.63, 3.8) is 0 Å². The normalized spacial score (nSPS) is 11.2. The second kappa shape index (κ2) is 6.34. The molecule has 0 amide bonds. The Morgan fingerprint density at radius 2 is 1.82 bits per heavy atom. The maximum absolute atomic E-state index is 13.1. The van der Waals surface area contributed by atoms with Gasteiger partial charge in [-0.15, -0.1) is 0 Å². The standard InChI is InChI=1S/C20H15N3O5/c1-22-15-12-8-5-9-21-18(12)23(10-13(24)11-6-3-2-4-7-11)19(26)14(15)17(25)16(22)20(27)28/h2-9,25H,10H2,1H3,(H,27,28). The van der Waals surface area contributed by atoms with E-state index in [1.54, 1.807) is 42.5 Å². The third-order valence-corrected chi connectivity index (χ3v) is 4.73. The molecule has 0 atom stereocenters. The lowest BCUT2D eigenvalue weighted by Gasteiger charge is -2.11. The molecule has 28 heavy (non-hydrogen) atoms. The van der Waals surface area contributed by atoms with Crippen LogP contribution in [0.5, 0.6) is 5.75 Å². The number of aromatic carboxylic acids is 1. The van der Waals surface area contributed by atoms with E-state index < -0.39 is 23.0 Å². The topological polar surface area (TPSA) is 114 Å². The van der Waals surface area contributed by atoms with Crippen molar-refractivity contribution in [2.24, 2.45) is 7.05 Å². The molecular weight excluding hydrogens is 362 g/mol. The van der Waals surface area contributed by atoms with Gasteiger partial charge in [-0.3, -0.25) is 14.2 Å². The lowest BCUT2D eigenvalue weighted by Crippen LogP contribution is -2.25. The Labute approximate surface area is 157 Å². The van der Waals surface area contributed by atoms with Crippen molar-refractivity contribution in [2.45, 2.75) is 6.54 Å². The van der Waals surface area contributed by atoms with Gasteiger partial charge < -0.3 is 14.8 Å². The van der Waals surface area contributed by atoms with E-state index in [9.17, 15) is 24.6 Å². The molecule has 0 unspecified atom stereocenters. The Kier molecular flexibility index (Phi) is 3.96. The van der Waals surface area contributed by atoms with Crippen LogP contribution in [0.1, 0.15) is 20.8 Å². The van der Waals surface area contributed by atoms with Gasteiger partial charge in [0.05, 0.1) is 12.1 Å². The van der Waals surface area contributed by atoms with Gasteiger partial charge in [0.1, 0.15) is 11.0 Å². The Balaban J connectivity index is 2.05. The zero-order chi connectivity index (χ0) is 20.0. The molecule has 0 aliphatic rings. The van der Waals surface area contributed by atoms with Crippen LogP contribution in [-0.4, -0.2) is 36.1 Å². The first-order valence-electron chi connectivity index (χ1n) is 8.42. The van der Waals surface area contributed by atoms with E-state index >= 15 is 0 Å². The Hall–Kier alpha value is -3.94. The summed E-state index contributed by atoms with van der Waals surface area (Å²) < 4.78 is 2.42. The molecule has 8 nitrogen and oxygen atoms in total. The fourth-order valence-corrected chi connectivity index (χ4v) is 3.47. The van der Waals surface area contributed by atoms with Gasteiger partial charge >= 0.3 is 5.97 Å². The quantitative estimate of drug-likeness (QED) is 0.527. The second-order valence-electron chi connectivity index (χ2n) is 6.34. The van der Waals surface area contributed by atoms with Crippen molar-refractivity contribution in [3.05, 3.63) is 70.3 Å². The van der Waals surface area contributed by atoms with Crippen molar-refractivity contribution in [3.8, 4) is 5.75 Å². The number of aryl methyl sites for hydroxylation is 1. The Bertz CT molecular complexity index is 1320. The summed E-state index contributed by atoms with van der Waals surface area (Å²) in [5.74, 6) is -2.29. The first kappa shape index (κ1) is 17.5. The minimum atomic E-state index is -1.36. The summed E-state index contributed by atoms with van der Waals surface area (Å²) >= 11 is 0. The number of hydrogen-bond donors (Lipinski definition) is 2. The number of fused-ring (bicyclic) bond motifs is 3. The SMILES string of the molecule is Cn1c(C(=O)O)c(O)c2c(=O)n(CC(=O)c3ccccc3)c3ncccc3c21. The molecule has 0 aliphatic heterocycles. The van der Waals surface area contributed by atoms with Gasteiger partial charge in [-0.2, -0.15) is 0 Å². The highest BCUT2D eigenvalue weighted by Crippen LogP contribution is 2.33. The van der Waals surface area contributed by atoms with Crippen LogP contribution in [0.15, 0.2) is 53.5 Å². The summed E-state index contributed by atoms with van der Waals surface area (Å²) in [6.07, 6.45) is 1.48. The van der Waals surface area contributed by atoms with Gasteiger partial charge in [-0.05, 0) is 12.1 Å². The first-order chi connectivity index (χ1) is 13.4. The fourth-order valence-electron chi connectivity index (χ4n) is 3.47. The monoisotopic (exact) mass is 377 g/mol. The summed E-state index contributed by atoms with van der Waals surface area (Å²) in [5, 5.41) is 20.2. The van der Waals surface area contributed by atoms with Crippen LogP contribution in [0.2, 0.25) is 0 Å². The predicted octanol–water partition coefficient (Wildman–Crippen LogP) is 2.17. The number of rotatable bonds is 4. The lowest BCUT2D eigenvalue weighted by molar-refractivity contribution is 0.0683. The summed E-state index contributed by atoms with van der Waals surface area (Å²) in [6.45, 7) is -0.289. The number of Topliss-reactive ketones (excluding diaryl/α,β-unsaturated/α-hetero) is 1. The van der Waals surface area contributed by atoms with Crippen molar-refractivity contribution in [2.75, 3.05) is 0 Å². The van der Waals surface area contributed by atoms with E-state index in [-0.39, 0.29) is 28.9 Å². The average molecular weight is 377 g/mol. The average Bonchev–Trinajstić information content (AvgIpc) is 2.96. The maximum Gasteiger partial charge on any atom is 0.356 e. The minimum absolute atomic E-state index is 0.152. The van der Waals surface area contributed by atoms with Crippen molar-refractivity contribution >= 4 is 33.7 Å². The molecule has 1 aromatic carbocycles.